The first-order valence-corrected chi connectivity index (χ1v) is 10.3. The molecule has 0 radical (unpaired) electrons. The predicted octanol–water partition coefficient (Wildman–Crippen LogP) is 3.51. The van der Waals surface area contributed by atoms with Crippen LogP contribution in [0.15, 0.2) is 48.5 Å². The molecule has 2 aromatic rings. The van der Waals surface area contributed by atoms with Crippen LogP contribution in [-0.2, 0) is 9.36 Å². The molecule has 7 heteroatoms. The highest BCUT2D eigenvalue weighted by Crippen LogP contribution is 2.64. The first-order valence-electron chi connectivity index (χ1n) is 8.70. The molecule has 0 spiro atoms. The van der Waals surface area contributed by atoms with Crippen molar-refractivity contribution in [2.75, 3.05) is 14.2 Å². The Balaban J connectivity index is 2.21. The Morgan fingerprint density at radius 3 is 1.67 bits per heavy atom. The summed E-state index contributed by atoms with van der Waals surface area (Å²) in [4.78, 5) is 33.4. The molecule has 0 heterocycles. The standard InChI is InChI=1S/C20H23O6P/c1-25-16-9-5-14(6-10-16)19(15-7-11-17(26-2)12-8-15)20(27(22,23)24)13-3-4-18(20)21/h5-12,19H,3-4,13H2,1-2H3,(H2,22,23,24)/t20-/m1/s1. The molecule has 0 amide bonds. The fourth-order valence-corrected chi connectivity index (χ4v) is 5.51. The maximum atomic E-state index is 12.8. The Labute approximate surface area is 158 Å². The van der Waals surface area contributed by atoms with Crippen molar-refractivity contribution in [3.8, 4) is 11.5 Å². The zero-order chi connectivity index (χ0) is 19.7. The fourth-order valence-electron chi connectivity index (χ4n) is 3.99. The van der Waals surface area contributed by atoms with Crippen LogP contribution in [0.5, 0.6) is 11.5 Å². The van der Waals surface area contributed by atoms with Crippen molar-refractivity contribution in [1.29, 1.82) is 0 Å². The third kappa shape index (κ3) is 3.41. The second-order valence-electron chi connectivity index (χ2n) is 6.72. The van der Waals surface area contributed by atoms with Crippen molar-refractivity contribution in [1.82, 2.24) is 0 Å². The van der Waals surface area contributed by atoms with Crippen LogP contribution in [-0.4, -0.2) is 34.9 Å². The molecule has 0 aromatic heterocycles. The van der Waals surface area contributed by atoms with E-state index in [2.05, 4.69) is 0 Å². The highest BCUT2D eigenvalue weighted by atomic mass is 31.2. The Kier molecular flexibility index (Phi) is 5.43. The van der Waals surface area contributed by atoms with E-state index < -0.39 is 18.7 Å². The minimum atomic E-state index is -4.74. The highest BCUT2D eigenvalue weighted by Gasteiger charge is 2.60. The van der Waals surface area contributed by atoms with Crippen LogP contribution < -0.4 is 9.47 Å². The van der Waals surface area contributed by atoms with Crippen molar-refractivity contribution in [3.63, 3.8) is 0 Å². The van der Waals surface area contributed by atoms with E-state index in [-0.39, 0.29) is 18.6 Å². The van der Waals surface area contributed by atoms with Gasteiger partial charge in [-0.2, -0.15) is 0 Å². The van der Waals surface area contributed by atoms with Crippen LogP contribution in [0.3, 0.4) is 0 Å². The van der Waals surface area contributed by atoms with Crippen molar-refractivity contribution < 1.29 is 28.6 Å². The van der Waals surface area contributed by atoms with E-state index in [9.17, 15) is 19.1 Å². The average Bonchev–Trinajstić information content (AvgIpc) is 3.05. The molecule has 0 unspecified atom stereocenters. The first kappa shape index (κ1) is 19.6. The first-order chi connectivity index (χ1) is 12.8. The summed E-state index contributed by atoms with van der Waals surface area (Å²) >= 11 is 0. The lowest BCUT2D eigenvalue weighted by molar-refractivity contribution is -0.120. The smallest absolute Gasteiger partial charge is 0.339 e. The largest absolute Gasteiger partial charge is 0.497 e. The molecule has 0 saturated heterocycles. The minimum Gasteiger partial charge on any atom is -0.497 e. The lowest BCUT2D eigenvalue weighted by Crippen LogP contribution is -2.41. The Hall–Kier alpha value is -2.14. The van der Waals surface area contributed by atoms with Crippen molar-refractivity contribution >= 4 is 13.4 Å². The van der Waals surface area contributed by atoms with Gasteiger partial charge < -0.3 is 19.3 Å². The Morgan fingerprint density at radius 1 is 0.926 bits per heavy atom. The number of ketones is 1. The molecule has 2 aromatic carbocycles. The normalized spacial score (nSPS) is 20.1. The van der Waals surface area contributed by atoms with E-state index in [4.69, 9.17) is 9.47 Å². The number of carbonyl (C=O) groups is 1. The van der Waals surface area contributed by atoms with Gasteiger partial charge in [-0.25, -0.2) is 0 Å². The summed E-state index contributed by atoms with van der Waals surface area (Å²) in [6.07, 6.45) is 0.791. The van der Waals surface area contributed by atoms with Gasteiger partial charge in [0.2, 0.25) is 0 Å². The molecule has 0 bridgehead atoms. The lowest BCUT2D eigenvalue weighted by atomic mass is 9.78. The zero-order valence-corrected chi connectivity index (χ0v) is 16.2. The molecule has 0 aliphatic heterocycles. The number of Topliss-reactive ketones (excluding diaryl/α,β-unsaturated/α-hetero) is 1. The van der Waals surface area contributed by atoms with Gasteiger partial charge in [0.1, 0.15) is 16.7 Å². The van der Waals surface area contributed by atoms with Gasteiger partial charge in [0, 0.05) is 12.3 Å². The number of methoxy groups -OCH3 is 2. The van der Waals surface area contributed by atoms with Crippen LogP contribution in [0.4, 0.5) is 0 Å². The number of ether oxygens (including phenoxy) is 2. The van der Waals surface area contributed by atoms with E-state index in [1.807, 2.05) is 0 Å². The third-order valence-electron chi connectivity index (χ3n) is 5.34. The molecule has 1 aliphatic rings. The third-order valence-corrected chi connectivity index (χ3v) is 7.11. The second-order valence-corrected chi connectivity index (χ2v) is 8.61. The fraction of sp³-hybridized carbons (Fsp3) is 0.350. The number of hydrogen-bond donors (Lipinski definition) is 2. The van der Waals surface area contributed by atoms with E-state index in [1.54, 1.807) is 62.8 Å². The van der Waals surface area contributed by atoms with E-state index >= 15 is 0 Å². The van der Waals surface area contributed by atoms with Gasteiger partial charge >= 0.3 is 7.60 Å². The number of benzene rings is 2. The van der Waals surface area contributed by atoms with Gasteiger partial charge in [-0.1, -0.05) is 24.3 Å². The topological polar surface area (TPSA) is 93.1 Å². The summed E-state index contributed by atoms with van der Waals surface area (Å²) in [5, 5.41) is -1.75. The van der Waals surface area contributed by atoms with Gasteiger partial charge in [-0.15, -0.1) is 0 Å². The van der Waals surface area contributed by atoms with Gasteiger partial charge in [0.25, 0.3) is 0 Å². The van der Waals surface area contributed by atoms with Crippen molar-refractivity contribution in [3.05, 3.63) is 59.7 Å². The van der Waals surface area contributed by atoms with Gasteiger partial charge in [-0.05, 0) is 48.2 Å². The average molecular weight is 390 g/mol. The molecule has 3 rings (SSSR count). The molecular formula is C20H23O6P. The minimum absolute atomic E-state index is 0.152. The molecule has 27 heavy (non-hydrogen) atoms. The summed E-state index contributed by atoms with van der Waals surface area (Å²) in [6.45, 7) is 0. The van der Waals surface area contributed by atoms with Crippen molar-refractivity contribution in [2.45, 2.75) is 30.3 Å². The second kappa shape index (κ2) is 7.47. The highest BCUT2D eigenvalue weighted by molar-refractivity contribution is 7.55. The summed E-state index contributed by atoms with van der Waals surface area (Å²) < 4.78 is 23.0. The molecule has 6 nitrogen and oxygen atoms in total. The maximum absolute atomic E-state index is 12.8. The van der Waals surface area contributed by atoms with E-state index in [0.717, 1.165) is 0 Å². The lowest BCUT2D eigenvalue weighted by Gasteiger charge is -2.37. The summed E-state index contributed by atoms with van der Waals surface area (Å²) in [5.41, 5.74) is 1.33. The van der Waals surface area contributed by atoms with Crippen LogP contribution >= 0.6 is 7.60 Å². The SMILES string of the molecule is COc1ccc(C(c2ccc(OC)cc2)[C@@]2(P(=O)(O)O)CCCC2=O)cc1. The molecule has 2 N–H and O–H groups in total. The van der Waals surface area contributed by atoms with Gasteiger partial charge in [0.15, 0.2) is 5.78 Å². The van der Waals surface area contributed by atoms with Crippen LogP contribution in [0.1, 0.15) is 36.3 Å². The Bertz CT molecular complexity index is 808. The van der Waals surface area contributed by atoms with Gasteiger partial charge in [0.05, 0.1) is 14.2 Å². The molecule has 1 aliphatic carbocycles. The van der Waals surface area contributed by atoms with Crippen LogP contribution in [0, 0.1) is 0 Å². The Morgan fingerprint density at radius 2 is 1.37 bits per heavy atom. The molecular weight excluding hydrogens is 367 g/mol. The van der Waals surface area contributed by atoms with E-state index in [1.165, 1.54) is 0 Å². The number of carbonyl (C=O) groups excluding carboxylic acids is 1. The molecule has 1 saturated carbocycles. The monoisotopic (exact) mass is 390 g/mol. The maximum Gasteiger partial charge on any atom is 0.339 e. The number of rotatable bonds is 6. The van der Waals surface area contributed by atoms with Crippen LogP contribution in [0.25, 0.3) is 0 Å². The van der Waals surface area contributed by atoms with E-state index in [0.29, 0.717) is 29.0 Å². The molecule has 144 valence electrons. The predicted molar refractivity (Wildman–Crippen MR) is 101 cm³/mol. The molecule has 1 fully saturated rings. The summed E-state index contributed by atoms with van der Waals surface area (Å²) in [6, 6.07) is 14.0. The zero-order valence-electron chi connectivity index (χ0n) is 15.3. The van der Waals surface area contributed by atoms with Crippen molar-refractivity contribution in [2.24, 2.45) is 0 Å². The summed E-state index contributed by atoms with van der Waals surface area (Å²) in [7, 11) is -1.64. The number of hydrogen-bond acceptors (Lipinski definition) is 4. The molecule has 1 atom stereocenters. The van der Waals surface area contributed by atoms with Gasteiger partial charge in [-0.3, -0.25) is 9.36 Å². The quantitative estimate of drug-likeness (QED) is 0.734. The van der Waals surface area contributed by atoms with Crippen LogP contribution in [0.2, 0.25) is 0 Å². The summed E-state index contributed by atoms with van der Waals surface area (Å²) in [5.74, 6) is 0.128.